The Morgan fingerprint density at radius 2 is 1.85 bits per heavy atom. The summed E-state index contributed by atoms with van der Waals surface area (Å²) in [5.41, 5.74) is 4.90. The molecule has 9 nitrogen and oxygen atoms in total. The summed E-state index contributed by atoms with van der Waals surface area (Å²) in [4.78, 5) is 45.8. The second-order valence-electron chi connectivity index (χ2n) is 4.41. The van der Waals surface area contributed by atoms with Gasteiger partial charge in [0.05, 0.1) is 12.3 Å². The Morgan fingerprint density at radius 1 is 1.30 bits per heavy atom. The Kier molecular flexibility index (Phi) is 7.05. The van der Waals surface area contributed by atoms with Crippen molar-refractivity contribution < 1.29 is 24.3 Å². The van der Waals surface area contributed by atoms with E-state index in [-0.39, 0.29) is 12.5 Å². The van der Waals surface area contributed by atoms with E-state index in [9.17, 15) is 19.2 Å². The summed E-state index contributed by atoms with van der Waals surface area (Å²) in [6.45, 7) is 1.73. The molecule has 0 aliphatic rings. The maximum atomic E-state index is 11.8. The van der Waals surface area contributed by atoms with Crippen LogP contribution in [-0.4, -0.2) is 60.5 Å². The van der Waals surface area contributed by atoms with Crippen LogP contribution in [0, 0.1) is 5.92 Å². The highest BCUT2D eigenvalue weighted by atomic mass is 16.4. The zero-order valence-electron chi connectivity index (χ0n) is 11.7. The van der Waals surface area contributed by atoms with Crippen molar-refractivity contribution in [2.45, 2.75) is 19.4 Å². The number of aliphatic carboxylic acids is 1. The van der Waals surface area contributed by atoms with Crippen molar-refractivity contribution >= 4 is 23.8 Å². The van der Waals surface area contributed by atoms with Gasteiger partial charge in [-0.25, -0.2) is 9.59 Å². The molecular formula is C11H20N4O5. The van der Waals surface area contributed by atoms with Crippen molar-refractivity contribution in [3.8, 4) is 0 Å². The van der Waals surface area contributed by atoms with E-state index < -0.39 is 36.3 Å². The Morgan fingerprint density at radius 3 is 2.25 bits per heavy atom. The van der Waals surface area contributed by atoms with E-state index in [1.165, 1.54) is 14.1 Å². The topological polar surface area (TPSA) is 142 Å². The molecule has 0 spiro atoms. The summed E-state index contributed by atoms with van der Waals surface area (Å²) in [7, 11) is 2.89. The molecule has 0 aromatic carbocycles. The summed E-state index contributed by atoms with van der Waals surface area (Å²) >= 11 is 0. The van der Waals surface area contributed by atoms with Gasteiger partial charge in [-0.2, -0.15) is 0 Å². The number of nitrogens with zero attached hydrogens (tertiary/aromatic N) is 1. The Balaban J connectivity index is 4.53. The molecule has 4 amide bonds. The highest BCUT2D eigenvalue weighted by Crippen LogP contribution is 2.00. The van der Waals surface area contributed by atoms with E-state index in [1.54, 1.807) is 6.92 Å². The fourth-order valence-electron chi connectivity index (χ4n) is 1.48. The molecule has 0 bridgehead atoms. The van der Waals surface area contributed by atoms with Crippen molar-refractivity contribution in [2.24, 2.45) is 11.7 Å². The molecule has 0 rings (SSSR count). The molecule has 0 aliphatic carbocycles. The van der Waals surface area contributed by atoms with Crippen molar-refractivity contribution in [1.82, 2.24) is 15.5 Å². The molecule has 0 aromatic rings. The summed E-state index contributed by atoms with van der Waals surface area (Å²) in [6.07, 6.45) is -0.500. The van der Waals surface area contributed by atoms with Crippen molar-refractivity contribution in [2.75, 3.05) is 20.6 Å². The second kappa shape index (κ2) is 7.97. The summed E-state index contributed by atoms with van der Waals surface area (Å²) in [5, 5.41) is 13.5. The minimum atomic E-state index is -1.39. The highest BCUT2D eigenvalue weighted by Gasteiger charge is 2.25. The second-order valence-corrected chi connectivity index (χ2v) is 4.41. The van der Waals surface area contributed by atoms with Gasteiger partial charge in [0.25, 0.3) is 0 Å². The molecule has 1 unspecified atom stereocenters. The lowest BCUT2D eigenvalue weighted by Gasteiger charge is -2.23. The van der Waals surface area contributed by atoms with Gasteiger partial charge in [0, 0.05) is 20.6 Å². The van der Waals surface area contributed by atoms with Crippen LogP contribution in [-0.2, 0) is 14.4 Å². The van der Waals surface area contributed by atoms with Gasteiger partial charge in [0.2, 0.25) is 11.8 Å². The number of hydrogen-bond acceptors (Lipinski definition) is 4. The number of amides is 4. The monoisotopic (exact) mass is 288 g/mol. The molecule has 0 radical (unpaired) electrons. The van der Waals surface area contributed by atoms with Gasteiger partial charge in [-0.05, 0) is 0 Å². The van der Waals surface area contributed by atoms with E-state index in [0.717, 1.165) is 4.90 Å². The van der Waals surface area contributed by atoms with Crippen LogP contribution >= 0.6 is 0 Å². The van der Waals surface area contributed by atoms with Gasteiger partial charge < -0.3 is 26.4 Å². The van der Waals surface area contributed by atoms with Crippen LogP contribution in [0.5, 0.6) is 0 Å². The van der Waals surface area contributed by atoms with Crippen LogP contribution in [0.15, 0.2) is 0 Å². The first-order valence-corrected chi connectivity index (χ1v) is 5.93. The SMILES string of the molecule is CNC(=O)C(C)CN(C)C(=O)N[C@@H](CC(N)=O)C(=O)O. The first-order valence-electron chi connectivity index (χ1n) is 5.93. The van der Waals surface area contributed by atoms with Gasteiger partial charge in [-0.15, -0.1) is 0 Å². The Bertz CT molecular complexity index is 398. The minimum absolute atomic E-state index is 0.106. The number of nitrogens with two attached hydrogens (primary N) is 1. The molecule has 9 heteroatoms. The van der Waals surface area contributed by atoms with Gasteiger partial charge in [0.15, 0.2) is 0 Å². The van der Waals surface area contributed by atoms with Gasteiger partial charge in [-0.1, -0.05) is 6.92 Å². The Labute approximate surface area is 116 Å². The molecule has 0 saturated heterocycles. The average molecular weight is 288 g/mol. The van der Waals surface area contributed by atoms with Crippen LogP contribution in [0.1, 0.15) is 13.3 Å². The molecule has 0 aromatic heterocycles. The molecule has 0 saturated carbocycles. The Hall–Kier alpha value is -2.32. The number of nitrogens with one attached hydrogen (secondary N) is 2. The summed E-state index contributed by atoms with van der Waals surface area (Å²) < 4.78 is 0. The van der Waals surface area contributed by atoms with E-state index in [2.05, 4.69) is 10.6 Å². The third-order valence-corrected chi connectivity index (χ3v) is 2.59. The van der Waals surface area contributed by atoms with Gasteiger partial charge >= 0.3 is 12.0 Å². The maximum absolute atomic E-state index is 11.8. The van der Waals surface area contributed by atoms with E-state index in [1.807, 2.05) is 0 Å². The zero-order valence-corrected chi connectivity index (χ0v) is 11.7. The predicted molar refractivity (Wildman–Crippen MR) is 69.6 cm³/mol. The van der Waals surface area contributed by atoms with E-state index in [4.69, 9.17) is 10.8 Å². The van der Waals surface area contributed by atoms with Gasteiger partial charge in [0.1, 0.15) is 6.04 Å². The highest BCUT2D eigenvalue weighted by molar-refractivity contribution is 5.87. The number of carboxylic acids is 1. The molecule has 0 heterocycles. The molecule has 114 valence electrons. The average Bonchev–Trinajstić information content (AvgIpc) is 2.35. The van der Waals surface area contributed by atoms with Crippen molar-refractivity contribution in [3.05, 3.63) is 0 Å². The number of carbonyl (C=O) groups excluding carboxylic acids is 3. The normalized spacial score (nSPS) is 12.9. The lowest BCUT2D eigenvalue weighted by Crippen LogP contribution is -2.49. The van der Waals surface area contributed by atoms with Crippen LogP contribution in [0.2, 0.25) is 0 Å². The van der Waals surface area contributed by atoms with Crippen LogP contribution in [0.25, 0.3) is 0 Å². The molecule has 5 N–H and O–H groups in total. The summed E-state index contributed by atoms with van der Waals surface area (Å²) in [6, 6.07) is -2.09. The first-order chi connectivity index (χ1) is 9.18. The lowest BCUT2D eigenvalue weighted by molar-refractivity contribution is -0.141. The third kappa shape index (κ3) is 6.03. The molecule has 2 atom stereocenters. The summed E-state index contributed by atoms with van der Waals surface area (Å²) in [5.74, 6) is -2.88. The molecular weight excluding hydrogens is 268 g/mol. The minimum Gasteiger partial charge on any atom is -0.480 e. The number of carboxylic acid groups (broad SMARTS) is 1. The zero-order chi connectivity index (χ0) is 15.9. The lowest BCUT2D eigenvalue weighted by atomic mass is 10.1. The predicted octanol–water partition coefficient (Wildman–Crippen LogP) is -1.66. The van der Waals surface area contributed by atoms with Crippen LogP contribution in [0.3, 0.4) is 0 Å². The molecule has 0 fully saturated rings. The van der Waals surface area contributed by atoms with Crippen molar-refractivity contribution in [3.63, 3.8) is 0 Å². The van der Waals surface area contributed by atoms with Crippen LogP contribution < -0.4 is 16.4 Å². The van der Waals surface area contributed by atoms with Gasteiger partial charge in [-0.3, -0.25) is 9.59 Å². The number of urea groups is 1. The smallest absolute Gasteiger partial charge is 0.326 e. The fraction of sp³-hybridized carbons (Fsp3) is 0.636. The van der Waals surface area contributed by atoms with E-state index in [0.29, 0.717) is 0 Å². The van der Waals surface area contributed by atoms with E-state index >= 15 is 0 Å². The number of primary amides is 1. The number of hydrogen-bond donors (Lipinski definition) is 4. The first kappa shape index (κ1) is 17.7. The largest absolute Gasteiger partial charge is 0.480 e. The quantitative estimate of drug-likeness (QED) is 0.443. The fourth-order valence-corrected chi connectivity index (χ4v) is 1.48. The van der Waals surface area contributed by atoms with Crippen molar-refractivity contribution in [1.29, 1.82) is 0 Å². The standard InChI is InChI=1S/C11H20N4O5/c1-6(9(17)13-2)5-15(3)11(20)14-7(10(18)19)4-8(12)16/h6-7H,4-5H2,1-3H3,(H2,12,16)(H,13,17)(H,14,20)(H,18,19)/t6?,7-/m0/s1. The van der Waals surface area contributed by atoms with Crippen LogP contribution in [0.4, 0.5) is 4.79 Å². The third-order valence-electron chi connectivity index (χ3n) is 2.59. The molecule has 0 aliphatic heterocycles. The number of carbonyl (C=O) groups is 4. The maximum Gasteiger partial charge on any atom is 0.326 e. The number of rotatable bonds is 7. The molecule has 20 heavy (non-hydrogen) atoms.